The van der Waals surface area contributed by atoms with Crippen molar-refractivity contribution in [3.05, 3.63) is 45.4 Å². The number of aromatic nitrogens is 1. The Morgan fingerprint density at radius 1 is 1.30 bits per heavy atom. The van der Waals surface area contributed by atoms with E-state index < -0.39 is 0 Å². The molecule has 0 amide bonds. The van der Waals surface area contributed by atoms with Crippen LogP contribution in [0.5, 0.6) is 0 Å². The summed E-state index contributed by atoms with van der Waals surface area (Å²) in [6, 6.07) is 9.57. The van der Waals surface area contributed by atoms with Crippen LogP contribution in [0, 0.1) is 6.92 Å². The molecule has 1 heterocycles. The van der Waals surface area contributed by atoms with Gasteiger partial charge in [-0.25, -0.2) is 4.98 Å². The van der Waals surface area contributed by atoms with Crippen LogP contribution < -0.4 is 11.1 Å². The molecular weight excluding hydrogens is 358 g/mol. The number of halogens is 2. The minimum Gasteiger partial charge on any atom is -0.399 e. The van der Waals surface area contributed by atoms with Crippen LogP contribution in [0.3, 0.4) is 0 Å². The van der Waals surface area contributed by atoms with Gasteiger partial charge >= 0.3 is 0 Å². The third kappa shape index (κ3) is 2.61. The average Bonchev–Trinajstić information content (AvgIpc) is 2.77. The van der Waals surface area contributed by atoms with Crippen LogP contribution in [0.4, 0.5) is 16.5 Å². The molecule has 3 aromatic rings. The van der Waals surface area contributed by atoms with Crippen molar-refractivity contribution in [2.45, 2.75) is 6.92 Å². The highest BCUT2D eigenvalue weighted by Gasteiger charge is 2.08. The van der Waals surface area contributed by atoms with Crippen molar-refractivity contribution >= 4 is 65.6 Å². The van der Waals surface area contributed by atoms with Crippen LogP contribution in [0.15, 0.2) is 34.8 Å². The monoisotopic (exact) mass is 367 g/mol. The second-order valence-electron chi connectivity index (χ2n) is 4.45. The summed E-state index contributed by atoms with van der Waals surface area (Å²) in [6.45, 7) is 1.97. The molecule has 102 valence electrons. The molecule has 0 fully saturated rings. The van der Waals surface area contributed by atoms with Crippen molar-refractivity contribution in [2.24, 2.45) is 0 Å². The Morgan fingerprint density at radius 3 is 2.90 bits per heavy atom. The molecule has 0 atom stereocenters. The van der Waals surface area contributed by atoms with Gasteiger partial charge < -0.3 is 11.1 Å². The number of nitrogens with two attached hydrogens (primary N) is 1. The smallest absolute Gasteiger partial charge is 0.188 e. The van der Waals surface area contributed by atoms with Gasteiger partial charge in [-0.1, -0.05) is 22.9 Å². The molecule has 0 saturated carbocycles. The zero-order valence-corrected chi connectivity index (χ0v) is 13.7. The Balaban J connectivity index is 1.99. The van der Waals surface area contributed by atoms with Crippen LogP contribution in [-0.2, 0) is 0 Å². The zero-order chi connectivity index (χ0) is 14.3. The Hall–Kier alpha value is -1.30. The first kappa shape index (κ1) is 13.7. The predicted molar refractivity (Wildman–Crippen MR) is 91.2 cm³/mol. The number of benzene rings is 2. The number of nitrogens with zero attached hydrogens (tertiary/aromatic N) is 1. The lowest BCUT2D eigenvalue weighted by Crippen LogP contribution is -1.91. The maximum Gasteiger partial charge on any atom is 0.188 e. The quantitative estimate of drug-likeness (QED) is 0.600. The molecule has 6 heteroatoms. The maximum atomic E-state index is 6.16. The Labute approximate surface area is 133 Å². The first-order chi connectivity index (χ1) is 9.52. The SMILES string of the molecule is Cc1cc(Br)c(Nc2nc3ccc(N)cc3s2)cc1Cl. The van der Waals surface area contributed by atoms with Gasteiger partial charge in [0, 0.05) is 15.2 Å². The van der Waals surface area contributed by atoms with Crippen molar-refractivity contribution in [3.63, 3.8) is 0 Å². The van der Waals surface area contributed by atoms with Gasteiger partial charge in [0.2, 0.25) is 0 Å². The summed E-state index contributed by atoms with van der Waals surface area (Å²) in [5.41, 5.74) is 9.38. The van der Waals surface area contributed by atoms with E-state index >= 15 is 0 Å². The van der Waals surface area contributed by atoms with Crippen LogP contribution in [0.25, 0.3) is 10.2 Å². The second kappa shape index (κ2) is 5.24. The normalized spacial score (nSPS) is 10.9. The number of aryl methyl sites for hydroxylation is 1. The van der Waals surface area contributed by atoms with Gasteiger partial charge in [-0.2, -0.15) is 0 Å². The Morgan fingerprint density at radius 2 is 2.10 bits per heavy atom. The first-order valence-corrected chi connectivity index (χ1v) is 7.90. The van der Waals surface area contributed by atoms with E-state index in [9.17, 15) is 0 Å². The topological polar surface area (TPSA) is 50.9 Å². The summed E-state index contributed by atoms with van der Waals surface area (Å²) >= 11 is 11.2. The number of thiazole rings is 1. The molecule has 20 heavy (non-hydrogen) atoms. The van der Waals surface area contributed by atoms with Crippen molar-refractivity contribution in [1.82, 2.24) is 4.98 Å². The van der Waals surface area contributed by atoms with Crippen LogP contribution in [0.2, 0.25) is 5.02 Å². The van der Waals surface area contributed by atoms with Gasteiger partial charge in [0.05, 0.1) is 15.9 Å². The van der Waals surface area contributed by atoms with Crippen LogP contribution >= 0.6 is 38.9 Å². The van der Waals surface area contributed by atoms with Crippen molar-refractivity contribution < 1.29 is 0 Å². The number of nitrogen functional groups attached to an aromatic ring is 1. The predicted octanol–water partition coefficient (Wildman–Crippen LogP) is 5.35. The molecule has 0 spiro atoms. The molecule has 1 aromatic heterocycles. The Bertz CT molecular complexity index is 800. The highest BCUT2D eigenvalue weighted by molar-refractivity contribution is 9.10. The van der Waals surface area contributed by atoms with Gasteiger partial charge in [-0.05, 0) is 58.7 Å². The molecule has 2 aromatic carbocycles. The third-order valence-electron chi connectivity index (χ3n) is 2.90. The number of fused-ring (bicyclic) bond motifs is 1. The van der Waals surface area contributed by atoms with Crippen LogP contribution in [0.1, 0.15) is 5.56 Å². The fourth-order valence-corrected chi connectivity index (χ4v) is 3.50. The van der Waals surface area contributed by atoms with Gasteiger partial charge in [-0.3, -0.25) is 0 Å². The zero-order valence-electron chi connectivity index (χ0n) is 10.6. The summed E-state index contributed by atoms with van der Waals surface area (Å²) in [6.07, 6.45) is 0. The van der Waals surface area contributed by atoms with Gasteiger partial charge in [-0.15, -0.1) is 0 Å². The minimum atomic E-state index is 0.723. The fraction of sp³-hybridized carbons (Fsp3) is 0.0714. The minimum absolute atomic E-state index is 0.723. The van der Waals surface area contributed by atoms with Crippen molar-refractivity contribution in [1.29, 1.82) is 0 Å². The molecule has 0 unspecified atom stereocenters. The maximum absolute atomic E-state index is 6.16. The summed E-state index contributed by atoms with van der Waals surface area (Å²) in [5.74, 6) is 0. The molecular formula is C14H11BrClN3S. The molecule has 0 saturated heterocycles. The highest BCUT2D eigenvalue weighted by atomic mass is 79.9. The van der Waals surface area contributed by atoms with E-state index in [2.05, 4.69) is 26.2 Å². The third-order valence-corrected chi connectivity index (χ3v) is 4.90. The van der Waals surface area contributed by atoms with E-state index in [0.29, 0.717) is 0 Å². The molecule has 0 aliphatic heterocycles. The first-order valence-electron chi connectivity index (χ1n) is 5.91. The van der Waals surface area contributed by atoms with E-state index in [-0.39, 0.29) is 0 Å². The number of anilines is 3. The lowest BCUT2D eigenvalue weighted by molar-refractivity contribution is 1.40. The Kier molecular flexibility index (Phi) is 3.58. The van der Waals surface area contributed by atoms with Gasteiger partial charge in [0.1, 0.15) is 0 Å². The summed E-state index contributed by atoms with van der Waals surface area (Å²) in [5, 5.41) is 4.82. The summed E-state index contributed by atoms with van der Waals surface area (Å²) in [4.78, 5) is 4.53. The van der Waals surface area contributed by atoms with Gasteiger partial charge in [0.15, 0.2) is 5.13 Å². The number of hydrogen-bond donors (Lipinski definition) is 2. The van der Waals surface area contributed by atoms with Crippen LogP contribution in [-0.4, -0.2) is 4.98 Å². The molecule has 0 aliphatic rings. The highest BCUT2D eigenvalue weighted by Crippen LogP contribution is 2.34. The molecule has 3 rings (SSSR count). The van der Waals surface area contributed by atoms with E-state index in [1.54, 1.807) is 11.3 Å². The van der Waals surface area contributed by atoms with E-state index in [1.165, 1.54) is 0 Å². The summed E-state index contributed by atoms with van der Waals surface area (Å²) in [7, 11) is 0. The van der Waals surface area contributed by atoms with E-state index in [1.807, 2.05) is 37.3 Å². The fourth-order valence-electron chi connectivity index (χ4n) is 1.85. The van der Waals surface area contributed by atoms with Crippen molar-refractivity contribution in [3.8, 4) is 0 Å². The second-order valence-corrected chi connectivity index (χ2v) is 6.74. The lowest BCUT2D eigenvalue weighted by Gasteiger charge is -2.07. The van der Waals surface area contributed by atoms with E-state index in [0.717, 1.165) is 41.8 Å². The number of rotatable bonds is 2. The molecule has 0 aliphatic carbocycles. The van der Waals surface area contributed by atoms with Gasteiger partial charge in [0.25, 0.3) is 0 Å². The lowest BCUT2D eigenvalue weighted by atomic mass is 10.2. The molecule has 3 N–H and O–H groups in total. The van der Waals surface area contributed by atoms with E-state index in [4.69, 9.17) is 17.3 Å². The largest absolute Gasteiger partial charge is 0.399 e. The number of hydrogen-bond acceptors (Lipinski definition) is 4. The average molecular weight is 369 g/mol. The molecule has 0 bridgehead atoms. The van der Waals surface area contributed by atoms with Crippen molar-refractivity contribution in [2.75, 3.05) is 11.1 Å². The summed E-state index contributed by atoms with van der Waals surface area (Å²) < 4.78 is 2.01. The standard InChI is InChI=1S/C14H11BrClN3S/c1-7-4-9(15)12(6-10(7)16)19-14-18-11-3-2-8(17)5-13(11)20-14/h2-6H,17H2,1H3,(H,18,19). The number of nitrogens with one attached hydrogen (secondary N) is 1. The molecule has 3 nitrogen and oxygen atoms in total. The molecule has 0 radical (unpaired) electrons.